The van der Waals surface area contributed by atoms with Gasteiger partial charge in [-0.1, -0.05) is 19.9 Å². The summed E-state index contributed by atoms with van der Waals surface area (Å²) in [6.07, 6.45) is 0.832. The molecule has 0 fully saturated rings. The Labute approximate surface area is 118 Å². The van der Waals surface area contributed by atoms with Crippen molar-refractivity contribution in [3.8, 4) is 0 Å². The minimum absolute atomic E-state index is 0.0733. The quantitative estimate of drug-likeness (QED) is 0.802. The molecule has 5 heteroatoms. The highest BCUT2D eigenvalue weighted by molar-refractivity contribution is 5.97. The fraction of sp³-hybridized carbons (Fsp3) is 0.467. The SMILES string of the molecule is COCCC(C)(C)CNC(=O)c1cccc(C(=O)O)c1. The Kier molecular flexibility index (Phi) is 5.70. The van der Waals surface area contributed by atoms with Crippen molar-refractivity contribution < 1.29 is 19.4 Å². The zero-order chi connectivity index (χ0) is 15.2. The van der Waals surface area contributed by atoms with Gasteiger partial charge in [0, 0.05) is 25.8 Å². The standard InChI is InChI=1S/C15H21NO4/c1-15(2,7-8-20-3)10-16-13(17)11-5-4-6-12(9-11)14(18)19/h4-6,9H,7-8,10H2,1-3H3,(H,16,17)(H,18,19). The van der Waals surface area contributed by atoms with Crippen molar-refractivity contribution in [1.82, 2.24) is 5.32 Å². The van der Waals surface area contributed by atoms with Crippen LogP contribution in [0.4, 0.5) is 0 Å². The summed E-state index contributed by atoms with van der Waals surface area (Å²) in [5.74, 6) is -1.31. The Balaban J connectivity index is 2.63. The van der Waals surface area contributed by atoms with Gasteiger partial charge in [0.2, 0.25) is 0 Å². The summed E-state index contributed by atoms with van der Waals surface area (Å²) in [5.41, 5.74) is 0.388. The van der Waals surface area contributed by atoms with Crippen LogP contribution in [0.15, 0.2) is 24.3 Å². The predicted molar refractivity (Wildman–Crippen MR) is 76.0 cm³/mol. The maximum absolute atomic E-state index is 12.0. The van der Waals surface area contributed by atoms with Crippen LogP contribution in [-0.4, -0.2) is 37.2 Å². The molecule has 5 nitrogen and oxygen atoms in total. The second kappa shape index (κ2) is 7.05. The largest absolute Gasteiger partial charge is 0.478 e. The Hall–Kier alpha value is -1.88. The van der Waals surface area contributed by atoms with E-state index in [-0.39, 0.29) is 16.9 Å². The van der Waals surface area contributed by atoms with Crippen LogP contribution in [0.3, 0.4) is 0 Å². The van der Waals surface area contributed by atoms with Gasteiger partial charge in [-0.25, -0.2) is 4.79 Å². The summed E-state index contributed by atoms with van der Waals surface area (Å²) < 4.78 is 5.03. The third-order valence-corrected chi connectivity index (χ3v) is 3.08. The van der Waals surface area contributed by atoms with Crippen molar-refractivity contribution in [1.29, 1.82) is 0 Å². The molecule has 110 valence electrons. The van der Waals surface area contributed by atoms with Crippen molar-refractivity contribution in [2.45, 2.75) is 20.3 Å². The van der Waals surface area contributed by atoms with E-state index in [4.69, 9.17) is 9.84 Å². The van der Waals surface area contributed by atoms with E-state index in [1.165, 1.54) is 12.1 Å². The molecule has 1 aromatic carbocycles. The third kappa shape index (κ3) is 5.01. The van der Waals surface area contributed by atoms with Crippen molar-refractivity contribution in [2.75, 3.05) is 20.3 Å². The molecule has 2 N–H and O–H groups in total. The normalized spacial score (nSPS) is 11.2. The minimum atomic E-state index is -1.04. The lowest BCUT2D eigenvalue weighted by atomic mass is 9.89. The number of nitrogens with one attached hydrogen (secondary N) is 1. The number of aromatic carboxylic acids is 1. The van der Waals surface area contributed by atoms with Gasteiger partial charge >= 0.3 is 5.97 Å². The van der Waals surface area contributed by atoms with E-state index in [0.29, 0.717) is 18.7 Å². The number of carboxylic acids is 1. The van der Waals surface area contributed by atoms with Gasteiger partial charge in [-0.15, -0.1) is 0 Å². The molecule has 0 heterocycles. The van der Waals surface area contributed by atoms with Crippen LogP contribution in [0.2, 0.25) is 0 Å². The van der Waals surface area contributed by atoms with E-state index >= 15 is 0 Å². The Morgan fingerprint density at radius 2 is 1.95 bits per heavy atom. The van der Waals surface area contributed by atoms with Gasteiger partial charge < -0.3 is 15.2 Å². The van der Waals surface area contributed by atoms with Gasteiger partial charge in [-0.2, -0.15) is 0 Å². The Morgan fingerprint density at radius 3 is 2.55 bits per heavy atom. The lowest BCUT2D eigenvalue weighted by Crippen LogP contribution is -2.34. The van der Waals surface area contributed by atoms with Gasteiger partial charge in [-0.3, -0.25) is 4.79 Å². The number of benzene rings is 1. The number of ether oxygens (including phenoxy) is 1. The summed E-state index contributed by atoms with van der Waals surface area (Å²) in [7, 11) is 1.64. The summed E-state index contributed by atoms with van der Waals surface area (Å²) in [6.45, 7) is 5.23. The van der Waals surface area contributed by atoms with E-state index in [0.717, 1.165) is 6.42 Å². The fourth-order valence-corrected chi connectivity index (χ4v) is 1.68. The number of hydrogen-bond donors (Lipinski definition) is 2. The first-order valence-corrected chi connectivity index (χ1v) is 6.46. The lowest BCUT2D eigenvalue weighted by Gasteiger charge is -2.24. The first kappa shape index (κ1) is 16.2. The molecule has 0 saturated heterocycles. The molecular formula is C15H21NO4. The Morgan fingerprint density at radius 1 is 1.30 bits per heavy atom. The molecule has 1 aromatic rings. The highest BCUT2D eigenvalue weighted by atomic mass is 16.5. The number of hydrogen-bond acceptors (Lipinski definition) is 3. The molecule has 0 unspecified atom stereocenters. The molecule has 0 aromatic heterocycles. The Bertz CT molecular complexity index is 483. The van der Waals surface area contributed by atoms with Gasteiger partial charge in [0.05, 0.1) is 5.56 Å². The lowest BCUT2D eigenvalue weighted by molar-refractivity contribution is 0.0697. The molecule has 0 aliphatic rings. The molecule has 1 rings (SSSR count). The van der Waals surface area contributed by atoms with Crippen molar-refractivity contribution in [3.05, 3.63) is 35.4 Å². The summed E-state index contributed by atoms with van der Waals surface area (Å²) in [4.78, 5) is 22.9. The highest BCUT2D eigenvalue weighted by Gasteiger charge is 2.19. The van der Waals surface area contributed by atoms with E-state index in [1.54, 1.807) is 19.2 Å². The zero-order valence-electron chi connectivity index (χ0n) is 12.1. The van der Waals surface area contributed by atoms with Gasteiger partial charge in [0.25, 0.3) is 5.91 Å². The number of methoxy groups -OCH3 is 1. The minimum Gasteiger partial charge on any atom is -0.478 e. The van der Waals surface area contributed by atoms with Crippen LogP contribution >= 0.6 is 0 Å². The molecule has 0 aliphatic heterocycles. The van der Waals surface area contributed by atoms with Gasteiger partial charge in [0.1, 0.15) is 0 Å². The molecule has 0 bridgehead atoms. The van der Waals surface area contributed by atoms with Crippen LogP contribution in [-0.2, 0) is 4.74 Å². The second-order valence-corrected chi connectivity index (χ2v) is 5.48. The average Bonchev–Trinajstić information content (AvgIpc) is 2.43. The predicted octanol–water partition coefficient (Wildman–Crippen LogP) is 2.18. The molecule has 20 heavy (non-hydrogen) atoms. The van der Waals surface area contributed by atoms with E-state index in [9.17, 15) is 9.59 Å². The molecule has 0 saturated carbocycles. The number of amides is 1. The van der Waals surface area contributed by atoms with Crippen LogP contribution in [0, 0.1) is 5.41 Å². The van der Waals surface area contributed by atoms with Crippen molar-refractivity contribution >= 4 is 11.9 Å². The summed E-state index contributed by atoms with van der Waals surface area (Å²) in [6, 6.07) is 6.00. The molecule has 0 aliphatic carbocycles. The fourth-order valence-electron chi connectivity index (χ4n) is 1.68. The number of carboxylic acid groups (broad SMARTS) is 1. The smallest absolute Gasteiger partial charge is 0.335 e. The first-order valence-electron chi connectivity index (χ1n) is 6.46. The van der Waals surface area contributed by atoms with Crippen LogP contribution < -0.4 is 5.32 Å². The van der Waals surface area contributed by atoms with Gasteiger partial charge in [-0.05, 0) is 30.0 Å². The highest BCUT2D eigenvalue weighted by Crippen LogP contribution is 2.19. The van der Waals surface area contributed by atoms with E-state index in [1.807, 2.05) is 13.8 Å². The number of carbonyl (C=O) groups excluding carboxylic acids is 1. The second-order valence-electron chi connectivity index (χ2n) is 5.48. The third-order valence-electron chi connectivity index (χ3n) is 3.08. The topological polar surface area (TPSA) is 75.6 Å². The molecule has 0 spiro atoms. The number of rotatable bonds is 7. The molecule has 0 radical (unpaired) electrons. The molecular weight excluding hydrogens is 258 g/mol. The van der Waals surface area contributed by atoms with Crippen molar-refractivity contribution in [3.63, 3.8) is 0 Å². The molecule has 1 amide bonds. The summed E-state index contributed by atoms with van der Waals surface area (Å²) >= 11 is 0. The zero-order valence-corrected chi connectivity index (χ0v) is 12.1. The average molecular weight is 279 g/mol. The number of carbonyl (C=O) groups is 2. The van der Waals surface area contributed by atoms with Gasteiger partial charge in [0.15, 0.2) is 0 Å². The van der Waals surface area contributed by atoms with E-state index < -0.39 is 5.97 Å². The monoisotopic (exact) mass is 279 g/mol. The maximum atomic E-state index is 12.0. The van der Waals surface area contributed by atoms with Crippen LogP contribution in [0.1, 0.15) is 41.0 Å². The van der Waals surface area contributed by atoms with Crippen LogP contribution in [0.5, 0.6) is 0 Å². The molecule has 0 atom stereocenters. The van der Waals surface area contributed by atoms with E-state index in [2.05, 4.69) is 5.32 Å². The summed E-state index contributed by atoms with van der Waals surface area (Å²) in [5, 5.41) is 11.7. The van der Waals surface area contributed by atoms with Crippen LogP contribution in [0.25, 0.3) is 0 Å². The first-order chi connectivity index (χ1) is 9.35. The van der Waals surface area contributed by atoms with Crippen molar-refractivity contribution in [2.24, 2.45) is 5.41 Å². The maximum Gasteiger partial charge on any atom is 0.335 e.